The highest BCUT2D eigenvalue weighted by Gasteiger charge is 2.70. The number of hydrogen-bond donors (Lipinski definition) is 3. The Labute approximate surface area is 188 Å². The van der Waals surface area contributed by atoms with E-state index in [9.17, 15) is 19.2 Å². The number of primary amides is 1. The van der Waals surface area contributed by atoms with Gasteiger partial charge in [0.15, 0.2) is 0 Å². The number of para-hydroxylation sites is 1. The minimum Gasteiger partial charge on any atom is -0.370 e. The predicted molar refractivity (Wildman–Crippen MR) is 121 cm³/mol. The number of nitrogens with one attached hydrogen (secondary N) is 2. The van der Waals surface area contributed by atoms with Gasteiger partial charge in [0.25, 0.3) is 0 Å². The standard InChI is InChI=1S/C25H20N4O4/c26-19(30)12-18-20-21(25(28-18)16-7-3-4-8-17(16)27-24(25)33)23(32)29(22(20)31)15-10-9-13-5-1-2-6-14(13)11-15/h1-11,18,20-21,28H,12H2,(H2,26,30)(H,27,33)/t18-,20-,21+,25-/m0/s1. The molecule has 3 aromatic carbocycles. The van der Waals surface area contributed by atoms with Gasteiger partial charge in [0, 0.05) is 23.7 Å². The van der Waals surface area contributed by atoms with Crippen LogP contribution in [0.15, 0.2) is 66.7 Å². The highest BCUT2D eigenvalue weighted by atomic mass is 16.2. The van der Waals surface area contributed by atoms with Gasteiger partial charge in [-0.05, 0) is 29.0 Å². The van der Waals surface area contributed by atoms with Gasteiger partial charge in [0.05, 0.1) is 17.5 Å². The number of carbonyl (C=O) groups is 4. The van der Waals surface area contributed by atoms with Crippen molar-refractivity contribution in [3.8, 4) is 0 Å². The van der Waals surface area contributed by atoms with Crippen molar-refractivity contribution in [3.63, 3.8) is 0 Å². The van der Waals surface area contributed by atoms with E-state index in [1.54, 1.807) is 36.4 Å². The van der Waals surface area contributed by atoms with Crippen molar-refractivity contribution in [3.05, 3.63) is 72.3 Å². The zero-order chi connectivity index (χ0) is 22.9. The van der Waals surface area contributed by atoms with E-state index < -0.39 is 47.0 Å². The molecule has 1 spiro atoms. The van der Waals surface area contributed by atoms with Crippen LogP contribution >= 0.6 is 0 Å². The van der Waals surface area contributed by atoms with Gasteiger partial charge in [-0.3, -0.25) is 24.5 Å². The van der Waals surface area contributed by atoms with Gasteiger partial charge in [-0.1, -0.05) is 48.5 Å². The molecule has 0 bridgehead atoms. The number of hydrogen-bond acceptors (Lipinski definition) is 5. The summed E-state index contributed by atoms with van der Waals surface area (Å²) in [7, 11) is 0. The van der Waals surface area contributed by atoms with Gasteiger partial charge < -0.3 is 11.1 Å². The Morgan fingerprint density at radius 3 is 2.45 bits per heavy atom. The van der Waals surface area contributed by atoms with Gasteiger partial charge in [0.1, 0.15) is 5.54 Å². The molecule has 6 rings (SSSR count). The zero-order valence-corrected chi connectivity index (χ0v) is 17.4. The lowest BCUT2D eigenvalue weighted by Crippen LogP contribution is -2.53. The summed E-state index contributed by atoms with van der Waals surface area (Å²) in [6, 6.07) is 19.4. The van der Waals surface area contributed by atoms with Crippen LogP contribution in [0, 0.1) is 11.8 Å². The molecule has 3 aliphatic rings. The van der Waals surface area contributed by atoms with E-state index in [2.05, 4.69) is 10.6 Å². The summed E-state index contributed by atoms with van der Waals surface area (Å²) in [5.41, 5.74) is 5.65. The first-order valence-electron chi connectivity index (χ1n) is 10.8. The van der Waals surface area contributed by atoms with E-state index in [-0.39, 0.29) is 6.42 Å². The first-order chi connectivity index (χ1) is 15.9. The number of carbonyl (C=O) groups excluding carboxylic acids is 4. The molecule has 3 aliphatic heterocycles. The van der Waals surface area contributed by atoms with Crippen molar-refractivity contribution in [1.82, 2.24) is 5.32 Å². The zero-order valence-electron chi connectivity index (χ0n) is 17.4. The minimum atomic E-state index is -1.44. The number of anilines is 2. The lowest BCUT2D eigenvalue weighted by atomic mass is 9.76. The third-order valence-corrected chi connectivity index (χ3v) is 7.03. The Hall–Kier alpha value is -4.04. The number of benzene rings is 3. The largest absolute Gasteiger partial charge is 0.370 e. The molecule has 0 saturated carbocycles. The summed E-state index contributed by atoms with van der Waals surface area (Å²) < 4.78 is 0. The van der Waals surface area contributed by atoms with Crippen LogP contribution in [0.25, 0.3) is 10.8 Å². The Bertz CT molecular complexity index is 1390. The summed E-state index contributed by atoms with van der Waals surface area (Å²) in [5, 5.41) is 7.89. The molecule has 3 heterocycles. The van der Waals surface area contributed by atoms with E-state index in [1.165, 1.54) is 0 Å². The van der Waals surface area contributed by atoms with Gasteiger partial charge in [-0.15, -0.1) is 0 Å². The van der Waals surface area contributed by atoms with Gasteiger partial charge in [-0.25, -0.2) is 4.90 Å². The fourth-order valence-corrected chi connectivity index (χ4v) is 5.72. The van der Waals surface area contributed by atoms with Crippen LogP contribution in [-0.4, -0.2) is 29.7 Å². The van der Waals surface area contributed by atoms with E-state index >= 15 is 0 Å². The van der Waals surface area contributed by atoms with Crippen LogP contribution in [0.2, 0.25) is 0 Å². The topological polar surface area (TPSA) is 122 Å². The smallest absolute Gasteiger partial charge is 0.250 e. The summed E-state index contributed by atoms with van der Waals surface area (Å²) >= 11 is 0. The summed E-state index contributed by atoms with van der Waals surface area (Å²) in [5.74, 6) is -3.82. The molecule has 2 fully saturated rings. The monoisotopic (exact) mass is 440 g/mol. The number of nitrogens with zero attached hydrogens (tertiary/aromatic N) is 1. The summed E-state index contributed by atoms with van der Waals surface area (Å²) in [6.45, 7) is 0. The lowest BCUT2D eigenvalue weighted by Gasteiger charge is -2.29. The second-order valence-corrected chi connectivity index (χ2v) is 8.78. The highest BCUT2D eigenvalue weighted by molar-refractivity contribution is 6.26. The van der Waals surface area contributed by atoms with E-state index in [0.29, 0.717) is 16.9 Å². The summed E-state index contributed by atoms with van der Waals surface area (Å²) in [4.78, 5) is 53.8. The number of nitrogens with two attached hydrogens (primary N) is 1. The van der Waals surface area contributed by atoms with Gasteiger partial charge in [-0.2, -0.15) is 0 Å². The molecule has 4 N–H and O–H groups in total. The average Bonchev–Trinajstić information content (AvgIpc) is 3.37. The Morgan fingerprint density at radius 1 is 0.939 bits per heavy atom. The molecular weight excluding hydrogens is 420 g/mol. The molecule has 0 aliphatic carbocycles. The van der Waals surface area contributed by atoms with Crippen molar-refractivity contribution in [2.75, 3.05) is 10.2 Å². The van der Waals surface area contributed by atoms with E-state index in [0.717, 1.165) is 15.7 Å². The highest BCUT2D eigenvalue weighted by Crippen LogP contribution is 2.53. The van der Waals surface area contributed by atoms with Crippen molar-refractivity contribution in [2.45, 2.75) is 18.0 Å². The van der Waals surface area contributed by atoms with Crippen LogP contribution in [-0.2, 0) is 24.7 Å². The number of fused-ring (bicyclic) bond motifs is 5. The van der Waals surface area contributed by atoms with Crippen LogP contribution in [0.3, 0.4) is 0 Å². The molecule has 4 atom stereocenters. The number of rotatable bonds is 3. The SMILES string of the molecule is NC(=O)C[C@@H]1N[C@]2(C(=O)Nc3ccccc32)[C@H]2C(=O)N(c3ccc4ccccc4c3)C(=O)[C@@H]12. The maximum absolute atomic E-state index is 13.9. The Balaban J connectivity index is 1.51. The Morgan fingerprint density at radius 2 is 1.67 bits per heavy atom. The third kappa shape index (κ3) is 2.55. The second kappa shape index (κ2) is 6.73. The predicted octanol–water partition coefficient (Wildman–Crippen LogP) is 1.64. The van der Waals surface area contributed by atoms with E-state index in [4.69, 9.17) is 5.73 Å². The molecule has 3 aromatic rings. The third-order valence-electron chi connectivity index (χ3n) is 7.03. The fourth-order valence-electron chi connectivity index (χ4n) is 5.72. The second-order valence-electron chi connectivity index (χ2n) is 8.78. The maximum atomic E-state index is 13.9. The molecule has 164 valence electrons. The maximum Gasteiger partial charge on any atom is 0.250 e. The van der Waals surface area contributed by atoms with Gasteiger partial charge in [0.2, 0.25) is 23.6 Å². The molecular formula is C25H20N4O4. The lowest BCUT2D eigenvalue weighted by molar-refractivity contribution is -0.130. The molecule has 2 saturated heterocycles. The van der Waals surface area contributed by atoms with Crippen LogP contribution in [0.1, 0.15) is 12.0 Å². The van der Waals surface area contributed by atoms with Crippen LogP contribution in [0.5, 0.6) is 0 Å². The normalized spacial score (nSPS) is 27.8. The van der Waals surface area contributed by atoms with Crippen LogP contribution in [0.4, 0.5) is 11.4 Å². The number of imide groups is 1. The number of amides is 4. The average molecular weight is 440 g/mol. The first-order valence-corrected chi connectivity index (χ1v) is 10.8. The van der Waals surface area contributed by atoms with Crippen LogP contribution < -0.4 is 21.3 Å². The van der Waals surface area contributed by atoms with E-state index in [1.807, 2.05) is 30.3 Å². The van der Waals surface area contributed by atoms with Crippen molar-refractivity contribution < 1.29 is 19.2 Å². The molecule has 33 heavy (non-hydrogen) atoms. The van der Waals surface area contributed by atoms with Gasteiger partial charge >= 0.3 is 0 Å². The van der Waals surface area contributed by atoms with Crippen molar-refractivity contribution >= 4 is 45.8 Å². The Kier molecular flexibility index (Phi) is 4.00. The molecule has 8 nitrogen and oxygen atoms in total. The fraction of sp³-hybridized carbons (Fsp3) is 0.200. The molecule has 0 aromatic heterocycles. The van der Waals surface area contributed by atoms with Crippen molar-refractivity contribution in [1.29, 1.82) is 0 Å². The molecule has 4 amide bonds. The molecule has 8 heteroatoms. The molecule has 0 unspecified atom stereocenters. The quantitative estimate of drug-likeness (QED) is 0.535. The summed E-state index contributed by atoms with van der Waals surface area (Å²) in [6.07, 6.45) is -0.164. The minimum absolute atomic E-state index is 0.164. The van der Waals surface area contributed by atoms with Crippen molar-refractivity contribution in [2.24, 2.45) is 17.6 Å². The first kappa shape index (κ1) is 19.6. The molecule has 0 radical (unpaired) electrons.